The molecule has 1 saturated carbocycles. The van der Waals surface area contributed by atoms with Gasteiger partial charge in [0, 0.05) is 19.4 Å². The molecule has 3 aliphatic rings. The van der Waals surface area contributed by atoms with Crippen LogP contribution in [0.25, 0.3) is 0 Å². The van der Waals surface area contributed by atoms with Crippen molar-refractivity contribution in [1.82, 2.24) is 0 Å². The maximum absolute atomic E-state index is 11.3. The van der Waals surface area contributed by atoms with Crippen molar-refractivity contribution in [3.05, 3.63) is 0 Å². The topological polar surface area (TPSA) is 109 Å². The monoisotopic (exact) mass is 332 g/mol. The lowest BCUT2D eigenvalue weighted by Gasteiger charge is -2.42. The van der Waals surface area contributed by atoms with Crippen molar-refractivity contribution in [1.29, 1.82) is 0 Å². The van der Waals surface area contributed by atoms with Gasteiger partial charge in [0.15, 0.2) is 5.60 Å². The second kappa shape index (κ2) is 5.11. The van der Waals surface area contributed by atoms with Crippen molar-refractivity contribution in [2.75, 3.05) is 13.7 Å². The van der Waals surface area contributed by atoms with E-state index in [4.69, 9.17) is 14.2 Å². The molecule has 0 radical (unpaired) electrons. The van der Waals surface area contributed by atoms with Crippen LogP contribution in [0.2, 0.25) is 0 Å². The normalized spacial score (nSPS) is 56.0. The van der Waals surface area contributed by atoms with Gasteiger partial charge in [-0.25, -0.2) is 0 Å². The maximum atomic E-state index is 11.3. The fraction of sp³-hybridized carbons (Fsp3) is 1.00. The maximum Gasteiger partial charge on any atom is 0.254 e. The van der Waals surface area contributed by atoms with Crippen LogP contribution in [0.3, 0.4) is 0 Å². The molecule has 7 atom stereocenters. The average molecular weight is 332 g/mol. The van der Waals surface area contributed by atoms with Gasteiger partial charge in [-0.2, -0.15) is 0 Å². The van der Waals surface area contributed by atoms with Crippen molar-refractivity contribution >= 4 is 0 Å². The van der Waals surface area contributed by atoms with Crippen LogP contribution in [-0.2, 0) is 14.2 Å². The lowest BCUT2D eigenvalue weighted by Crippen LogP contribution is -2.63. The fourth-order valence-electron chi connectivity index (χ4n) is 4.51. The summed E-state index contributed by atoms with van der Waals surface area (Å²) < 4.78 is 17.0. The lowest BCUT2D eigenvalue weighted by molar-refractivity contribution is -0.377. The zero-order chi connectivity index (χ0) is 17.3. The smallest absolute Gasteiger partial charge is 0.254 e. The Balaban J connectivity index is 2.01. The number of hydrogen-bond acceptors (Lipinski definition) is 7. The van der Waals surface area contributed by atoms with Crippen molar-refractivity contribution in [2.24, 2.45) is 11.8 Å². The fourth-order valence-corrected chi connectivity index (χ4v) is 4.51. The molecule has 0 aromatic heterocycles. The van der Waals surface area contributed by atoms with Crippen LogP contribution >= 0.6 is 0 Å². The third-order valence-corrected chi connectivity index (χ3v) is 5.86. The van der Waals surface area contributed by atoms with Crippen LogP contribution in [0.5, 0.6) is 0 Å². The summed E-state index contributed by atoms with van der Waals surface area (Å²) in [6, 6.07) is 0. The summed E-state index contributed by atoms with van der Waals surface area (Å²) >= 11 is 0. The Morgan fingerprint density at radius 2 is 1.91 bits per heavy atom. The second-order valence-electron chi connectivity index (χ2n) is 7.94. The highest BCUT2D eigenvalue weighted by atomic mass is 16.8. The number of ether oxygens (including phenoxy) is 3. The predicted octanol–water partition coefficient (Wildman–Crippen LogP) is -0.254. The molecule has 3 fully saturated rings. The minimum Gasteiger partial charge on any atom is -0.387 e. The van der Waals surface area contributed by atoms with E-state index in [9.17, 15) is 20.4 Å². The Bertz CT molecular complexity index is 481. The molecule has 1 aliphatic carbocycles. The van der Waals surface area contributed by atoms with Crippen LogP contribution in [0.4, 0.5) is 0 Å². The summed E-state index contributed by atoms with van der Waals surface area (Å²) in [4.78, 5) is 0. The standard InChI is InChI=1S/C16H28O7/c1-9(2)7-15(21-4)16(20)14(19,8-22-15)10-5-6-13(3,18)12(17)11(10)23-16/h9-12,17-20H,5-8H2,1-4H3/t10-,11-,12-,13-,14+,15+,16+/m0/s1. The molecule has 7 nitrogen and oxygen atoms in total. The summed E-state index contributed by atoms with van der Waals surface area (Å²) in [6.45, 7) is 5.30. The SMILES string of the molecule is CO[C@]1(CC(C)C)OC[C@@]2(O)[C@H]3CC[C@](C)(O)[C@@H](O)[C@H]3O[C@@]12O. The number of rotatable bonds is 3. The highest BCUT2D eigenvalue weighted by Gasteiger charge is 2.80. The molecule has 0 bridgehead atoms. The third kappa shape index (κ3) is 2.08. The number of methoxy groups -OCH3 is 1. The van der Waals surface area contributed by atoms with E-state index in [-0.39, 0.29) is 12.5 Å². The molecule has 4 N–H and O–H groups in total. The first kappa shape index (κ1) is 17.5. The van der Waals surface area contributed by atoms with Gasteiger partial charge in [0.25, 0.3) is 5.79 Å². The van der Waals surface area contributed by atoms with Gasteiger partial charge in [0.05, 0.1) is 18.3 Å². The summed E-state index contributed by atoms with van der Waals surface area (Å²) in [5.41, 5.74) is -3.00. The molecule has 3 rings (SSSR count). The minimum absolute atomic E-state index is 0.126. The van der Waals surface area contributed by atoms with E-state index in [2.05, 4.69) is 0 Å². The molecule has 2 heterocycles. The van der Waals surface area contributed by atoms with Crippen molar-refractivity contribution in [2.45, 2.75) is 75.0 Å². The average Bonchev–Trinajstić information content (AvgIpc) is 2.81. The van der Waals surface area contributed by atoms with Gasteiger partial charge in [-0.3, -0.25) is 0 Å². The predicted molar refractivity (Wildman–Crippen MR) is 79.3 cm³/mol. The Morgan fingerprint density at radius 1 is 1.26 bits per heavy atom. The molecule has 2 aliphatic heterocycles. The first-order valence-electron chi connectivity index (χ1n) is 8.25. The molecular weight excluding hydrogens is 304 g/mol. The summed E-state index contributed by atoms with van der Waals surface area (Å²) in [5.74, 6) is -4.00. The van der Waals surface area contributed by atoms with Gasteiger partial charge in [0.1, 0.15) is 6.10 Å². The Kier molecular flexibility index (Phi) is 3.90. The van der Waals surface area contributed by atoms with Crippen LogP contribution < -0.4 is 0 Å². The van der Waals surface area contributed by atoms with E-state index in [1.54, 1.807) is 0 Å². The molecule has 2 saturated heterocycles. The van der Waals surface area contributed by atoms with E-state index in [0.29, 0.717) is 19.3 Å². The van der Waals surface area contributed by atoms with Crippen molar-refractivity contribution in [3.8, 4) is 0 Å². The lowest BCUT2D eigenvalue weighted by atomic mass is 9.68. The van der Waals surface area contributed by atoms with Gasteiger partial charge in [-0.1, -0.05) is 13.8 Å². The molecular formula is C16H28O7. The third-order valence-electron chi connectivity index (χ3n) is 5.86. The van der Waals surface area contributed by atoms with E-state index in [0.717, 1.165) is 0 Å². The zero-order valence-electron chi connectivity index (χ0n) is 14.2. The Hall–Kier alpha value is -0.280. The molecule has 23 heavy (non-hydrogen) atoms. The molecule has 0 amide bonds. The van der Waals surface area contributed by atoms with E-state index in [1.165, 1.54) is 14.0 Å². The van der Waals surface area contributed by atoms with Gasteiger partial charge in [0.2, 0.25) is 5.79 Å². The summed E-state index contributed by atoms with van der Waals surface area (Å²) in [6.07, 6.45) is -1.03. The van der Waals surface area contributed by atoms with Gasteiger partial charge in [-0.15, -0.1) is 0 Å². The van der Waals surface area contributed by atoms with Crippen molar-refractivity contribution in [3.63, 3.8) is 0 Å². The van der Waals surface area contributed by atoms with E-state index in [1.807, 2.05) is 13.8 Å². The van der Waals surface area contributed by atoms with E-state index < -0.39 is 40.9 Å². The summed E-state index contributed by atoms with van der Waals surface area (Å²) in [7, 11) is 1.41. The van der Waals surface area contributed by atoms with Gasteiger partial charge >= 0.3 is 0 Å². The number of aliphatic hydroxyl groups excluding tert-OH is 1. The summed E-state index contributed by atoms with van der Waals surface area (Å²) in [5, 5.41) is 43.2. The van der Waals surface area contributed by atoms with Crippen LogP contribution in [0, 0.1) is 11.8 Å². The molecule has 134 valence electrons. The molecule has 7 heteroatoms. The number of aliphatic hydroxyl groups is 4. The first-order chi connectivity index (χ1) is 10.5. The quantitative estimate of drug-likeness (QED) is 0.564. The van der Waals surface area contributed by atoms with Gasteiger partial charge < -0.3 is 34.6 Å². The zero-order valence-corrected chi connectivity index (χ0v) is 14.2. The molecule has 0 unspecified atom stereocenters. The van der Waals surface area contributed by atoms with Gasteiger partial charge in [-0.05, 0) is 25.7 Å². The molecule has 0 aromatic rings. The van der Waals surface area contributed by atoms with Crippen molar-refractivity contribution < 1.29 is 34.6 Å². The highest BCUT2D eigenvalue weighted by Crippen LogP contribution is 2.60. The minimum atomic E-state index is -2.09. The number of fused-ring (bicyclic) bond motifs is 3. The molecule has 0 aromatic carbocycles. The highest BCUT2D eigenvalue weighted by molar-refractivity contribution is 5.20. The van der Waals surface area contributed by atoms with Crippen LogP contribution in [0.15, 0.2) is 0 Å². The second-order valence-corrected chi connectivity index (χ2v) is 7.94. The van der Waals surface area contributed by atoms with Crippen LogP contribution in [-0.4, -0.2) is 69.1 Å². The number of hydrogen-bond donors (Lipinski definition) is 4. The van der Waals surface area contributed by atoms with E-state index >= 15 is 0 Å². The van der Waals surface area contributed by atoms with Crippen LogP contribution in [0.1, 0.15) is 40.0 Å². The Morgan fingerprint density at radius 3 is 2.48 bits per heavy atom. The first-order valence-corrected chi connectivity index (χ1v) is 8.25. The Labute approximate surface area is 136 Å². The molecule has 0 spiro atoms. The largest absolute Gasteiger partial charge is 0.387 e.